The number of carbonyl (C=O) groups is 1. The van der Waals surface area contributed by atoms with Gasteiger partial charge in [0.25, 0.3) is 0 Å². The van der Waals surface area contributed by atoms with Gasteiger partial charge in [0, 0.05) is 58.7 Å². The Kier molecular flexibility index (Phi) is 6.72. The molecule has 0 spiro atoms. The third-order valence-corrected chi connectivity index (χ3v) is 6.87. The predicted molar refractivity (Wildman–Crippen MR) is 104 cm³/mol. The van der Waals surface area contributed by atoms with Gasteiger partial charge in [0.05, 0.1) is 16.3 Å². The van der Waals surface area contributed by atoms with Gasteiger partial charge in [-0.3, -0.25) is 4.79 Å². The molecule has 1 aliphatic rings. The van der Waals surface area contributed by atoms with Crippen LogP contribution in [0.5, 0.6) is 0 Å². The van der Waals surface area contributed by atoms with Crippen molar-refractivity contribution in [3.63, 3.8) is 0 Å². The van der Waals surface area contributed by atoms with Crippen LogP contribution in [0.2, 0.25) is 0 Å². The summed E-state index contributed by atoms with van der Waals surface area (Å²) in [6, 6.07) is 4.93. The molecule has 1 heterocycles. The highest BCUT2D eigenvalue weighted by molar-refractivity contribution is 7.99. The molecule has 0 aromatic heterocycles. The number of hydrogen-bond donors (Lipinski definition) is 2. The van der Waals surface area contributed by atoms with Crippen LogP contribution in [0.4, 0.5) is 11.4 Å². The van der Waals surface area contributed by atoms with Gasteiger partial charge in [-0.05, 0) is 18.2 Å². The van der Waals surface area contributed by atoms with Crippen LogP contribution in [0, 0.1) is 0 Å². The summed E-state index contributed by atoms with van der Waals surface area (Å²) in [5, 5.41) is 6.21. The van der Waals surface area contributed by atoms with Crippen molar-refractivity contribution in [2.75, 3.05) is 56.5 Å². The van der Waals surface area contributed by atoms with Gasteiger partial charge in [-0.1, -0.05) is 0 Å². The summed E-state index contributed by atoms with van der Waals surface area (Å²) in [5.41, 5.74) is 1.26. The Morgan fingerprint density at radius 2 is 2.04 bits per heavy atom. The largest absolute Gasteiger partial charge is 0.376 e. The number of hydrogen-bond acceptors (Lipinski definition) is 6. The molecular weight excluding hydrogens is 360 g/mol. The Bertz CT molecular complexity index is 714. The van der Waals surface area contributed by atoms with E-state index in [1.807, 2.05) is 30.8 Å². The topological polar surface area (TPSA) is 81.8 Å². The lowest BCUT2D eigenvalue weighted by atomic mass is 10.2. The molecule has 1 fully saturated rings. The SMILES string of the molecule is CN(C)c1ccc(S(=O)(=O)N(C)C)cc1NC(=O)CC1CSCCN1. The van der Waals surface area contributed by atoms with Crippen LogP contribution in [0.15, 0.2) is 23.1 Å². The van der Waals surface area contributed by atoms with Crippen molar-refractivity contribution >= 4 is 39.1 Å². The molecule has 2 N–H and O–H groups in total. The summed E-state index contributed by atoms with van der Waals surface area (Å²) in [4.78, 5) is 14.4. The quantitative estimate of drug-likeness (QED) is 0.760. The zero-order valence-corrected chi connectivity index (χ0v) is 16.7. The molecule has 25 heavy (non-hydrogen) atoms. The first kappa shape index (κ1) is 20.0. The van der Waals surface area contributed by atoms with Gasteiger partial charge >= 0.3 is 0 Å². The molecule has 2 rings (SSSR count). The fraction of sp³-hybridized carbons (Fsp3) is 0.562. The van der Waals surface area contributed by atoms with E-state index in [-0.39, 0.29) is 16.8 Å². The van der Waals surface area contributed by atoms with Crippen LogP contribution in [-0.4, -0.2) is 70.9 Å². The number of thioether (sulfide) groups is 1. The van der Waals surface area contributed by atoms with Crippen molar-refractivity contribution in [1.82, 2.24) is 9.62 Å². The fourth-order valence-corrected chi connectivity index (χ4v) is 4.43. The smallest absolute Gasteiger partial charge is 0.242 e. The number of amides is 1. The maximum Gasteiger partial charge on any atom is 0.242 e. The highest BCUT2D eigenvalue weighted by Crippen LogP contribution is 2.29. The Balaban J connectivity index is 2.23. The first-order valence-corrected chi connectivity index (χ1v) is 10.7. The molecule has 140 valence electrons. The summed E-state index contributed by atoms with van der Waals surface area (Å²) in [7, 11) is 3.12. The molecule has 1 aromatic rings. The molecule has 9 heteroatoms. The van der Waals surface area contributed by atoms with Gasteiger partial charge in [0.2, 0.25) is 15.9 Å². The van der Waals surface area contributed by atoms with Gasteiger partial charge in [-0.2, -0.15) is 11.8 Å². The Hall–Kier alpha value is -1.29. The van der Waals surface area contributed by atoms with E-state index in [1.54, 1.807) is 12.1 Å². The zero-order valence-electron chi connectivity index (χ0n) is 15.1. The number of benzene rings is 1. The Labute approximate surface area is 154 Å². The molecule has 1 aromatic carbocycles. The van der Waals surface area contributed by atoms with E-state index >= 15 is 0 Å². The second-order valence-electron chi connectivity index (χ2n) is 6.34. The number of nitrogens with one attached hydrogen (secondary N) is 2. The fourth-order valence-electron chi connectivity index (χ4n) is 2.55. The lowest BCUT2D eigenvalue weighted by Crippen LogP contribution is -2.40. The van der Waals surface area contributed by atoms with E-state index in [4.69, 9.17) is 0 Å². The molecular formula is C16H26N4O3S2. The summed E-state index contributed by atoms with van der Waals surface area (Å²) >= 11 is 1.83. The molecule has 1 unspecified atom stereocenters. The van der Waals surface area contributed by atoms with Crippen molar-refractivity contribution < 1.29 is 13.2 Å². The lowest BCUT2D eigenvalue weighted by molar-refractivity contribution is -0.116. The second kappa shape index (κ2) is 8.39. The minimum absolute atomic E-state index is 0.123. The Morgan fingerprint density at radius 1 is 1.32 bits per heavy atom. The molecule has 0 aliphatic carbocycles. The molecule has 0 saturated carbocycles. The lowest BCUT2D eigenvalue weighted by Gasteiger charge is -2.24. The molecule has 7 nitrogen and oxygen atoms in total. The van der Waals surface area contributed by atoms with Crippen molar-refractivity contribution in [1.29, 1.82) is 0 Å². The standard InChI is InChI=1S/C16H26N4O3S2/c1-19(2)15-6-5-13(25(22,23)20(3)4)10-14(15)18-16(21)9-12-11-24-8-7-17-12/h5-6,10,12,17H,7-9,11H2,1-4H3,(H,18,21). The predicted octanol–water partition coefficient (Wildman–Crippen LogP) is 1.04. The van der Waals surface area contributed by atoms with Crippen molar-refractivity contribution in [2.24, 2.45) is 0 Å². The van der Waals surface area contributed by atoms with Gasteiger partial charge in [0.1, 0.15) is 0 Å². The third kappa shape index (κ3) is 5.10. The average Bonchev–Trinajstić information content (AvgIpc) is 2.55. The van der Waals surface area contributed by atoms with E-state index < -0.39 is 10.0 Å². The van der Waals surface area contributed by atoms with E-state index in [9.17, 15) is 13.2 Å². The zero-order chi connectivity index (χ0) is 18.6. The summed E-state index contributed by atoms with van der Waals surface area (Å²) in [5.74, 6) is 1.85. The normalized spacial score (nSPS) is 18.2. The Morgan fingerprint density at radius 3 is 2.60 bits per heavy atom. The van der Waals surface area contributed by atoms with Crippen LogP contribution in [0.1, 0.15) is 6.42 Å². The molecule has 1 atom stereocenters. The first-order valence-electron chi connectivity index (χ1n) is 8.06. The average molecular weight is 387 g/mol. The molecule has 1 amide bonds. The maximum absolute atomic E-state index is 12.4. The van der Waals surface area contributed by atoms with E-state index in [2.05, 4.69) is 10.6 Å². The van der Waals surface area contributed by atoms with E-state index in [0.717, 1.165) is 28.0 Å². The number of anilines is 2. The maximum atomic E-state index is 12.4. The second-order valence-corrected chi connectivity index (χ2v) is 9.64. The minimum Gasteiger partial charge on any atom is -0.376 e. The molecule has 1 aliphatic heterocycles. The summed E-state index contributed by atoms with van der Waals surface area (Å²) in [6.07, 6.45) is 0.366. The van der Waals surface area contributed by atoms with Crippen LogP contribution in [0.3, 0.4) is 0 Å². The van der Waals surface area contributed by atoms with Crippen LogP contribution >= 0.6 is 11.8 Å². The highest BCUT2D eigenvalue weighted by atomic mass is 32.2. The minimum atomic E-state index is -3.56. The molecule has 1 saturated heterocycles. The molecule has 0 bridgehead atoms. The number of rotatable bonds is 6. The van der Waals surface area contributed by atoms with Gasteiger partial charge in [0.15, 0.2) is 0 Å². The van der Waals surface area contributed by atoms with E-state index in [0.29, 0.717) is 12.1 Å². The van der Waals surface area contributed by atoms with Crippen molar-refractivity contribution in [3.05, 3.63) is 18.2 Å². The van der Waals surface area contributed by atoms with Crippen LogP contribution < -0.4 is 15.5 Å². The third-order valence-electron chi connectivity index (χ3n) is 3.93. The summed E-state index contributed by atoms with van der Waals surface area (Å²) in [6.45, 7) is 0.905. The number of nitrogens with zero attached hydrogens (tertiary/aromatic N) is 2. The van der Waals surface area contributed by atoms with Crippen LogP contribution in [-0.2, 0) is 14.8 Å². The van der Waals surface area contributed by atoms with Gasteiger partial charge in [-0.15, -0.1) is 0 Å². The van der Waals surface area contributed by atoms with Crippen LogP contribution in [0.25, 0.3) is 0 Å². The first-order chi connectivity index (χ1) is 11.7. The number of carbonyl (C=O) groups excluding carboxylic acids is 1. The number of sulfonamides is 1. The van der Waals surface area contributed by atoms with Crippen molar-refractivity contribution in [3.8, 4) is 0 Å². The van der Waals surface area contributed by atoms with Gasteiger partial charge < -0.3 is 15.5 Å². The monoisotopic (exact) mass is 386 g/mol. The molecule has 0 radical (unpaired) electrons. The summed E-state index contributed by atoms with van der Waals surface area (Å²) < 4.78 is 25.9. The van der Waals surface area contributed by atoms with E-state index in [1.165, 1.54) is 20.2 Å². The highest BCUT2D eigenvalue weighted by Gasteiger charge is 2.21. The van der Waals surface area contributed by atoms with Gasteiger partial charge in [-0.25, -0.2) is 12.7 Å². The van der Waals surface area contributed by atoms with Crippen molar-refractivity contribution in [2.45, 2.75) is 17.4 Å².